The quantitative estimate of drug-likeness (QED) is 0.477. The Labute approximate surface area is 116 Å². The van der Waals surface area contributed by atoms with E-state index in [9.17, 15) is 4.79 Å². The summed E-state index contributed by atoms with van der Waals surface area (Å²) < 4.78 is 1.69. The number of thioether (sulfide) groups is 1. The zero-order chi connectivity index (χ0) is 13.7. The molecule has 0 bridgehead atoms. The molecule has 1 aromatic heterocycles. The van der Waals surface area contributed by atoms with Crippen molar-refractivity contribution in [3.8, 4) is 6.07 Å². The molecule has 2 rings (SSSR count). The van der Waals surface area contributed by atoms with E-state index in [4.69, 9.17) is 5.26 Å². The number of hydrogen-bond acceptors (Lipinski definition) is 4. The largest absolute Gasteiger partial charge is 0.287 e. The molecule has 0 radical (unpaired) electrons. The average molecular weight is 273 g/mol. The van der Waals surface area contributed by atoms with E-state index in [-0.39, 0.29) is 5.56 Å². The average Bonchev–Trinajstić information content (AvgIpc) is 2.44. The number of rotatable bonds is 5. The second kappa shape index (κ2) is 6.39. The fourth-order valence-electron chi connectivity index (χ4n) is 1.85. The summed E-state index contributed by atoms with van der Waals surface area (Å²) in [6, 6.07) is 9.52. The summed E-state index contributed by atoms with van der Waals surface area (Å²) >= 11 is 1.54. The molecule has 4 nitrogen and oxygen atoms in total. The standard InChI is InChI=1S/C14H15N3OS/c1-2-17-13(18)11-7-3-4-8-12(11)16-14(17)19-10-6-5-9-15/h3-4,7-8H,2,5-6,10H2,1H3. The molecule has 2 aromatic rings. The van der Waals surface area contributed by atoms with Gasteiger partial charge in [-0.15, -0.1) is 0 Å². The van der Waals surface area contributed by atoms with Crippen LogP contribution >= 0.6 is 11.8 Å². The van der Waals surface area contributed by atoms with Gasteiger partial charge in [-0.2, -0.15) is 5.26 Å². The first-order valence-electron chi connectivity index (χ1n) is 6.27. The van der Waals surface area contributed by atoms with Crippen molar-refractivity contribution in [3.05, 3.63) is 34.6 Å². The van der Waals surface area contributed by atoms with E-state index in [1.165, 1.54) is 0 Å². The summed E-state index contributed by atoms with van der Waals surface area (Å²) in [5.41, 5.74) is 0.746. The Hall–Kier alpha value is -1.80. The highest BCUT2D eigenvalue weighted by Crippen LogP contribution is 2.18. The molecule has 0 saturated heterocycles. The summed E-state index contributed by atoms with van der Waals surface area (Å²) in [5, 5.41) is 9.92. The molecule has 0 atom stereocenters. The summed E-state index contributed by atoms with van der Waals surface area (Å²) in [5.74, 6) is 0.804. The van der Waals surface area contributed by atoms with Crippen LogP contribution in [-0.4, -0.2) is 15.3 Å². The van der Waals surface area contributed by atoms with E-state index in [2.05, 4.69) is 11.1 Å². The Kier molecular flexibility index (Phi) is 4.58. The second-order valence-electron chi connectivity index (χ2n) is 4.07. The molecule has 0 aliphatic heterocycles. The SMILES string of the molecule is CCn1c(SCCCC#N)nc2ccccc2c1=O. The van der Waals surface area contributed by atoms with Crippen LogP contribution in [0.2, 0.25) is 0 Å². The molecular formula is C14H15N3OS. The Bertz CT molecular complexity index is 672. The summed E-state index contributed by atoms with van der Waals surface area (Å²) in [7, 11) is 0. The summed E-state index contributed by atoms with van der Waals surface area (Å²) in [6.45, 7) is 2.55. The van der Waals surface area contributed by atoms with E-state index in [1.807, 2.05) is 25.1 Å². The van der Waals surface area contributed by atoms with Crippen molar-refractivity contribution < 1.29 is 0 Å². The first-order valence-corrected chi connectivity index (χ1v) is 7.25. The molecule has 0 amide bonds. The number of nitrogens with zero attached hydrogens (tertiary/aromatic N) is 3. The fraction of sp³-hybridized carbons (Fsp3) is 0.357. The molecule has 0 aliphatic carbocycles. The Morgan fingerprint density at radius 2 is 2.21 bits per heavy atom. The molecule has 0 spiro atoms. The number of nitriles is 1. The second-order valence-corrected chi connectivity index (χ2v) is 5.13. The van der Waals surface area contributed by atoms with Gasteiger partial charge in [0.2, 0.25) is 0 Å². The topological polar surface area (TPSA) is 58.7 Å². The molecule has 19 heavy (non-hydrogen) atoms. The van der Waals surface area contributed by atoms with Gasteiger partial charge in [0.15, 0.2) is 5.16 Å². The highest BCUT2D eigenvalue weighted by Gasteiger charge is 2.09. The van der Waals surface area contributed by atoms with Gasteiger partial charge in [-0.25, -0.2) is 4.98 Å². The first kappa shape index (κ1) is 13.6. The monoisotopic (exact) mass is 273 g/mol. The van der Waals surface area contributed by atoms with Crippen molar-refractivity contribution >= 4 is 22.7 Å². The third-order valence-corrected chi connectivity index (χ3v) is 3.87. The van der Waals surface area contributed by atoms with Crippen LogP contribution < -0.4 is 5.56 Å². The lowest BCUT2D eigenvalue weighted by Gasteiger charge is -2.10. The zero-order valence-corrected chi connectivity index (χ0v) is 11.6. The predicted octanol–water partition coefficient (Wildman–Crippen LogP) is 2.81. The third kappa shape index (κ3) is 2.96. The minimum atomic E-state index is 0.0101. The lowest BCUT2D eigenvalue weighted by Crippen LogP contribution is -2.22. The van der Waals surface area contributed by atoms with Crippen molar-refractivity contribution in [2.45, 2.75) is 31.5 Å². The van der Waals surface area contributed by atoms with Gasteiger partial charge >= 0.3 is 0 Å². The Morgan fingerprint density at radius 3 is 2.95 bits per heavy atom. The smallest absolute Gasteiger partial charge is 0.262 e. The maximum atomic E-state index is 12.3. The van der Waals surface area contributed by atoms with E-state index in [0.717, 1.165) is 22.8 Å². The van der Waals surface area contributed by atoms with Crippen LogP contribution in [0.15, 0.2) is 34.2 Å². The number of hydrogen-bond donors (Lipinski definition) is 0. The van der Waals surface area contributed by atoms with Crippen LogP contribution in [0.1, 0.15) is 19.8 Å². The molecule has 1 aromatic carbocycles. The molecular weight excluding hydrogens is 258 g/mol. The van der Waals surface area contributed by atoms with Crippen LogP contribution in [-0.2, 0) is 6.54 Å². The van der Waals surface area contributed by atoms with Crippen LogP contribution in [0.3, 0.4) is 0 Å². The minimum absolute atomic E-state index is 0.0101. The lowest BCUT2D eigenvalue weighted by molar-refractivity contribution is 0.634. The van der Waals surface area contributed by atoms with E-state index >= 15 is 0 Å². The summed E-state index contributed by atoms with van der Waals surface area (Å²) in [4.78, 5) is 16.9. The number of fused-ring (bicyclic) bond motifs is 1. The van der Waals surface area contributed by atoms with Gasteiger partial charge in [-0.05, 0) is 25.5 Å². The summed E-state index contributed by atoms with van der Waals surface area (Å²) in [6.07, 6.45) is 1.35. The Balaban J connectivity index is 2.37. The van der Waals surface area contributed by atoms with Crippen LogP contribution in [0, 0.1) is 11.3 Å². The lowest BCUT2D eigenvalue weighted by atomic mass is 10.2. The van der Waals surface area contributed by atoms with Gasteiger partial charge in [0.05, 0.1) is 17.0 Å². The number of benzene rings is 1. The van der Waals surface area contributed by atoms with Crippen molar-refractivity contribution in [1.29, 1.82) is 5.26 Å². The van der Waals surface area contributed by atoms with Gasteiger partial charge in [-0.3, -0.25) is 9.36 Å². The van der Waals surface area contributed by atoms with Crippen molar-refractivity contribution in [2.75, 3.05) is 5.75 Å². The first-order chi connectivity index (χ1) is 9.27. The van der Waals surface area contributed by atoms with Crippen molar-refractivity contribution in [1.82, 2.24) is 9.55 Å². The maximum Gasteiger partial charge on any atom is 0.262 e. The molecule has 98 valence electrons. The van der Waals surface area contributed by atoms with Gasteiger partial charge in [0, 0.05) is 18.7 Å². The Morgan fingerprint density at radius 1 is 1.42 bits per heavy atom. The van der Waals surface area contributed by atoms with Crippen molar-refractivity contribution in [3.63, 3.8) is 0 Å². The predicted molar refractivity (Wildman–Crippen MR) is 77.2 cm³/mol. The molecule has 0 N–H and O–H groups in total. The van der Waals surface area contributed by atoms with E-state index in [0.29, 0.717) is 18.4 Å². The number of unbranched alkanes of at least 4 members (excludes halogenated alkanes) is 1. The normalized spacial score (nSPS) is 10.5. The number of aromatic nitrogens is 2. The van der Waals surface area contributed by atoms with Crippen molar-refractivity contribution in [2.24, 2.45) is 0 Å². The van der Waals surface area contributed by atoms with Crippen LogP contribution in [0.25, 0.3) is 10.9 Å². The van der Waals surface area contributed by atoms with Crippen LogP contribution in [0.5, 0.6) is 0 Å². The highest BCUT2D eigenvalue weighted by atomic mass is 32.2. The van der Waals surface area contributed by atoms with Gasteiger partial charge in [0.25, 0.3) is 5.56 Å². The fourth-order valence-corrected chi connectivity index (χ4v) is 2.85. The van der Waals surface area contributed by atoms with Gasteiger partial charge in [0.1, 0.15) is 0 Å². The molecule has 0 saturated carbocycles. The zero-order valence-electron chi connectivity index (χ0n) is 10.8. The van der Waals surface area contributed by atoms with E-state index < -0.39 is 0 Å². The van der Waals surface area contributed by atoms with Gasteiger partial charge in [-0.1, -0.05) is 23.9 Å². The third-order valence-electron chi connectivity index (χ3n) is 2.81. The van der Waals surface area contributed by atoms with E-state index in [1.54, 1.807) is 22.4 Å². The molecule has 0 aliphatic rings. The molecule has 5 heteroatoms. The maximum absolute atomic E-state index is 12.3. The molecule has 1 heterocycles. The molecule has 0 fully saturated rings. The van der Waals surface area contributed by atoms with Crippen LogP contribution in [0.4, 0.5) is 0 Å². The number of para-hydroxylation sites is 1. The highest BCUT2D eigenvalue weighted by molar-refractivity contribution is 7.99. The minimum Gasteiger partial charge on any atom is -0.287 e. The molecule has 0 unspecified atom stereocenters. The van der Waals surface area contributed by atoms with Gasteiger partial charge < -0.3 is 0 Å².